The van der Waals surface area contributed by atoms with Crippen LogP contribution in [0.15, 0.2) is 28.8 Å². The Morgan fingerprint density at radius 2 is 1.93 bits per heavy atom. The van der Waals surface area contributed by atoms with Crippen molar-refractivity contribution in [1.29, 1.82) is 0 Å². The monoisotopic (exact) mass is 445 g/mol. The standard InChI is InChI=1S/C19H22F3N3O4S/c1-25(15-8-3-2-4-9-15)17(26)12-30(27,28)11-16-23-18(24-29-16)13-6-5-7-14(10-13)19(20,21)22/h5-7,10,15H,2-4,8-9,11-12H2,1H3. The van der Waals surface area contributed by atoms with Gasteiger partial charge in [-0.05, 0) is 25.0 Å². The smallest absolute Gasteiger partial charge is 0.342 e. The number of sulfone groups is 1. The summed E-state index contributed by atoms with van der Waals surface area (Å²) in [5, 5.41) is 3.57. The van der Waals surface area contributed by atoms with Gasteiger partial charge in [0, 0.05) is 18.7 Å². The lowest BCUT2D eigenvalue weighted by atomic mass is 9.94. The van der Waals surface area contributed by atoms with Gasteiger partial charge in [0.2, 0.25) is 17.6 Å². The summed E-state index contributed by atoms with van der Waals surface area (Å²) in [6.07, 6.45) is 0.308. The van der Waals surface area contributed by atoms with Gasteiger partial charge in [-0.15, -0.1) is 0 Å². The van der Waals surface area contributed by atoms with Crippen molar-refractivity contribution in [2.45, 2.75) is 50.1 Å². The largest absolute Gasteiger partial charge is 0.416 e. The number of carbonyl (C=O) groups excluding carboxylic acids is 1. The van der Waals surface area contributed by atoms with Gasteiger partial charge in [-0.1, -0.05) is 36.6 Å². The summed E-state index contributed by atoms with van der Waals surface area (Å²) in [4.78, 5) is 17.7. The number of halogens is 3. The van der Waals surface area contributed by atoms with Crippen molar-refractivity contribution in [2.24, 2.45) is 0 Å². The Balaban J connectivity index is 1.66. The molecule has 1 saturated carbocycles. The first kappa shape index (κ1) is 22.3. The zero-order valence-electron chi connectivity index (χ0n) is 16.4. The molecule has 1 aliphatic rings. The van der Waals surface area contributed by atoms with Crippen LogP contribution in [0.5, 0.6) is 0 Å². The molecule has 164 valence electrons. The lowest BCUT2D eigenvalue weighted by Crippen LogP contribution is -2.41. The maximum absolute atomic E-state index is 12.9. The summed E-state index contributed by atoms with van der Waals surface area (Å²) in [7, 11) is -2.28. The minimum absolute atomic E-state index is 0.0392. The fourth-order valence-corrected chi connectivity index (χ4v) is 4.64. The molecule has 0 spiro atoms. The summed E-state index contributed by atoms with van der Waals surface area (Å²) < 4.78 is 68.3. The van der Waals surface area contributed by atoms with E-state index in [9.17, 15) is 26.4 Å². The summed E-state index contributed by atoms with van der Waals surface area (Å²) >= 11 is 0. The van der Waals surface area contributed by atoms with Gasteiger partial charge in [-0.25, -0.2) is 8.42 Å². The number of nitrogens with zero attached hydrogens (tertiary/aromatic N) is 3. The van der Waals surface area contributed by atoms with Crippen LogP contribution in [-0.4, -0.2) is 48.2 Å². The Kier molecular flexibility index (Phi) is 6.49. The topological polar surface area (TPSA) is 93.4 Å². The van der Waals surface area contributed by atoms with Gasteiger partial charge in [-0.2, -0.15) is 18.2 Å². The summed E-state index contributed by atoms with van der Waals surface area (Å²) in [6, 6.07) is 4.36. The molecule has 0 radical (unpaired) electrons. The molecule has 0 unspecified atom stereocenters. The molecule has 11 heteroatoms. The van der Waals surface area contributed by atoms with Gasteiger partial charge in [0.05, 0.1) is 5.56 Å². The number of hydrogen-bond donors (Lipinski definition) is 0. The van der Waals surface area contributed by atoms with Crippen LogP contribution in [0.1, 0.15) is 43.6 Å². The molecule has 1 aromatic heterocycles. The molecule has 1 amide bonds. The second kappa shape index (κ2) is 8.75. The molecule has 1 aliphatic carbocycles. The molecule has 2 aromatic rings. The first-order valence-corrected chi connectivity index (χ1v) is 11.3. The average molecular weight is 445 g/mol. The molecular weight excluding hydrogens is 423 g/mol. The number of aromatic nitrogens is 2. The molecule has 0 atom stereocenters. The predicted molar refractivity (Wildman–Crippen MR) is 102 cm³/mol. The van der Waals surface area contributed by atoms with Crippen LogP contribution in [0.4, 0.5) is 13.2 Å². The molecule has 0 bridgehead atoms. The highest BCUT2D eigenvalue weighted by atomic mass is 32.2. The van der Waals surface area contributed by atoms with Crippen LogP contribution in [0.3, 0.4) is 0 Å². The SMILES string of the molecule is CN(C(=O)CS(=O)(=O)Cc1nc(-c2cccc(C(F)(F)F)c2)no1)C1CCCCC1. The molecule has 0 N–H and O–H groups in total. The van der Waals surface area contributed by atoms with Gasteiger partial charge < -0.3 is 9.42 Å². The van der Waals surface area contributed by atoms with E-state index in [4.69, 9.17) is 4.52 Å². The second-order valence-corrected chi connectivity index (χ2v) is 9.48. The molecule has 0 aliphatic heterocycles. The van der Waals surface area contributed by atoms with Crippen LogP contribution in [0, 0.1) is 0 Å². The highest BCUT2D eigenvalue weighted by Crippen LogP contribution is 2.31. The lowest BCUT2D eigenvalue weighted by Gasteiger charge is -2.31. The zero-order valence-corrected chi connectivity index (χ0v) is 17.2. The third-order valence-corrected chi connectivity index (χ3v) is 6.49. The molecule has 30 heavy (non-hydrogen) atoms. The maximum Gasteiger partial charge on any atom is 0.416 e. The highest BCUT2D eigenvalue weighted by molar-refractivity contribution is 7.91. The van der Waals surface area contributed by atoms with Crippen LogP contribution < -0.4 is 0 Å². The summed E-state index contributed by atoms with van der Waals surface area (Å²) in [5.74, 6) is -2.29. The van der Waals surface area contributed by atoms with E-state index in [1.54, 1.807) is 7.05 Å². The molecule has 7 nitrogen and oxygen atoms in total. The van der Waals surface area contributed by atoms with Crippen molar-refractivity contribution in [1.82, 2.24) is 15.0 Å². The van der Waals surface area contributed by atoms with Crippen LogP contribution in [-0.2, 0) is 26.6 Å². The number of rotatable bonds is 6. The molecule has 1 heterocycles. The minimum atomic E-state index is -4.53. The van der Waals surface area contributed by atoms with E-state index in [1.807, 2.05) is 0 Å². The molecule has 1 aromatic carbocycles. The van der Waals surface area contributed by atoms with Crippen molar-refractivity contribution < 1.29 is 30.9 Å². The molecule has 3 rings (SSSR count). The fraction of sp³-hybridized carbons (Fsp3) is 0.526. The number of carbonyl (C=O) groups is 1. The third-order valence-electron chi connectivity index (χ3n) is 5.12. The van der Waals surface area contributed by atoms with E-state index >= 15 is 0 Å². The Bertz CT molecular complexity index is 998. The van der Waals surface area contributed by atoms with Gasteiger partial charge in [0.1, 0.15) is 11.5 Å². The molecule has 1 fully saturated rings. The van der Waals surface area contributed by atoms with Crippen LogP contribution >= 0.6 is 0 Å². The minimum Gasteiger partial charge on any atom is -0.342 e. The van der Waals surface area contributed by atoms with E-state index in [1.165, 1.54) is 17.0 Å². The normalized spacial score (nSPS) is 15.9. The first-order valence-electron chi connectivity index (χ1n) is 9.51. The Morgan fingerprint density at radius 1 is 1.23 bits per heavy atom. The van der Waals surface area contributed by atoms with E-state index < -0.39 is 39.0 Å². The van der Waals surface area contributed by atoms with Crippen molar-refractivity contribution in [3.63, 3.8) is 0 Å². The van der Waals surface area contributed by atoms with Gasteiger partial charge in [0.15, 0.2) is 9.84 Å². The summed E-state index contributed by atoms with van der Waals surface area (Å²) in [6.45, 7) is 0. The van der Waals surface area contributed by atoms with E-state index in [0.29, 0.717) is 0 Å². The molecule has 0 saturated heterocycles. The van der Waals surface area contributed by atoms with Crippen molar-refractivity contribution in [2.75, 3.05) is 12.8 Å². The van der Waals surface area contributed by atoms with E-state index in [0.717, 1.165) is 44.2 Å². The second-order valence-electron chi connectivity index (χ2n) is 7.42. The number of benzene rings is 1. The maximum atomic E-state index is 12.9. The van der Waals surface area contributed by atoms with Crippen molar-refractivity contribution in [3.8, 4) is 11.4 Å². The van der Waals surface area contributed by atoms with Gasteiger partial charge in [-0.3, -0.25) is 4.79 Å². The third kappa shape index (κ3) is 5.59. The Labute approximate surface area is 172 Å². The predicted octanol–water partition coefficient (Wildman–Crippen LogP) is 3.46. The highest BCUT2D eigenvalue weighted by Gasteiger charge is 2.31. The van der Waals surface area contributed by atoms with E-state index in [2.05, 4.69) is 10.1 Å². The fourth-order valence-electron chi connectivity index (χ4n) is 3.47. The number of alkyl halides is 3. The zero-order chi connectivity index (χ0) is 21.9. The molecular formula is C19H22F3N3O4S. The Morgan fingerprint density at radius 3 is 2.60 bits per heavy atom. The van der Waals surface area contributed by atoms with Crippen molar-refractivity contribution in [3.05, 3.63) is 35.7 Å². The first-order chi connectivity index (χ1) is 14.0. The Hall–Kier alpha value is -2.43. The van der Waals surface area contributed by atoms with Gasteiger partial charge in [0.25, 0.3) is 0 Å². The van der Waals surface area contributed by atoms with E-state index in [-0.39, 0.29) is 23.3 Å². The number of hydrogen-bond acceptors (Lipinski definition) is 6. The van der Waals surface area contributed by atoms with Crippen LogP contribution in [0.25, 0.3) is 11.4 Å². The summed E-state index contributed by atoms with van der Waals surface area (Å²) in [5.41, 5.74) is -0.833. The van der Waals surface area contributed by atoms with Gasteiger partial charge >= 0.3 is 6.18 Å². The van der Waals surface area contributed by atoms with Crippen molar-refractivity contribution >= 4 is 15.7 Å². The number of amides is 1. The quantitative estimate of drug-likeness (QED) is 0.676. The lowest BCUT2D eigenvalue weighted by molar-refractivity contribution is -0.137. The van der Waals surface area contributed by atoms with Crippen LogP contribution in [0.2, 0.25) is 0 Å². The average Bonchev–Trinajstić information content (AvgIpc) is 3.14.